The summed E-state index contributed by atoms with van der Waals surface area (Å²) in [6, 6.07) is 2.79. The monoisotopic (exact) mass is 482 g/mol. The molecule has 5 aliphatic carbocycles. The van der Waals surface area contributed by atoms with E-state index in [1.54, 1.807) is 0 Å². The Kier molecular flexibility index (Phi) is 4.84. The van der Waals surface area contributed by atoms with Gasteiger partial charge < -0.3 is 4.74 Å². The molecule has 3 unspecified atom stereocenters. The predicted molar refractivity (Wildman–Crippen MR) is 118 cm³/mol. The van der Waals surface area contributed by atoms with Crippen molar-refractivity contribution in [3.8, 4) is 5.75 Å². The molecule has 5 atom stereocenters. The van der Waals surface area contributed by atoms with Gasteiger partial charge in [-0.15, -0.1) is 11.6 Å². The van der Waals surface area contributed by atoms with Crippen LogP contribution in [0.25, 0.3) is 0 Å². The number of alkyl halides is 1. The summed E-state index contributed by atoms with van der Waals surface area (Å²) in [5, 5.41) is 0. The number of carbonyl (C=O) groups excluding carboxylic acids is 1. The Bertz CT molecular complexity index is 1060. The smallest absolute Gasteiger partial charge is 0.304 e. The van der Waals surface area contributed by atoms with Gasteiger partial charge in [-0.25, -0.2) is 9.11 Å². The maximum atomic E-state index is 15.0. The first-order valence-electron chi connectivity index (χ1n) is 11.7. The summed E-state index contributed by atoms with van der Waals surface area (Å²) in [6.45, 7) is 0.749. The third-order valence-corrected chi connectivity index (χ3v) is 10.1. The van der Waals surface area contributed by atoms with E-state index >= 15 is 4.39 Å². The van der Waals surface area contributed by atoms with E-state index in [2.05, 4.69) is 0 Å². The van der Waals surface area contributed by atoms with E-state index in [1.165, 1.54) is 16.4 Å². The fourth-order valence-corrected chi connectivity index (χ4v) is 8.37. The number of amides is 1. The zero-order valence-corrected chi connectivity index (χ0v) is 19.4. The fraction of sp³-hybridized carbons (Fsp3) is 0.696. The molecular weight excluding hydrogens is 455 g/mol. The van der Waals surface area contributed by atoms with Gasteiger partial charge in [0, 0.05) is 24.0 Å². The normalized spacial score (nSPS) is 36.1. The van der Waals surface area contributed by atoms with Crippen LogP contribution in [0.3, 0.4) is 0 Å². The summed E-state index contributed by atoms with van der Waals surface area (Å²) >= 11 is 6.85. The molecule has 6 fully saturated rings. The quantitative estimate of drug-likeness (QED) is 0.623. The molecule has 1 heterocycles. The van der Waals surface area contributed by atoms with Gasteiger partial charge in [-0.1, -0.05) is 0 Å². The second kappa shape index (κ2) is 7.31. The molecule has 32 heavy (non-hydrogen) atoms. The fourth-order valence-electron chi connectivity index (χ4n) is 6.54. The second-order valence-corrected chi connectivity index (χ2v) is 13.0. The van der Waals surface area contributed by atoms with Crippen molar-refractivity contribution in [1.82, 2.24) is 9.03 Å². The highest BCUT2D eigenvalue weighted by Crippen LogP contribution is 2.59. The van der Waals surface area contributed by atoms with Gasteiger partial charge >= 0.3 is 10.2 Å². The summed E-state index contributed by atoms with van der Waals surface area (Å²) in [6.07, 6.45) is 7.93. The number of hydrogen-bond acceptors (Lipinski definition) is 4. The van der Waals surface area contributed by atoms with Crippen molar-refractivity contribution >= 4 is 27.7 Å². The van der Waals surface area contributed by atoms with Crippen LogP contribution in [-0.2, 0) is 10.2 Å². The summed E-state index contributed by atoms with van der Waals surface area (Å²) < 4.78 is 49.3. The Morgan fingerprint density at radius 1 is 1.16 bits per heavy atom. The Morgan fingerprint density at radius 3 is 2.41 bits per heavy atom. The van der Waals surface area contributed by atoms with E-state index in [1.807, 2.05) is 4.72 Å². The number of ether oxygens (including phenoxy) is 1. The van der Waals surface area contributed by atoms with Crippen LogP contribution in [0.5, 0.6) is 5.75 Å². The Morgan fingerprint density at radius 2 is 1.84 bits per heavy atom. The van der Waals surface area contributed by atoms with Gasteiger partial charge in [-0.3, -0.25) is 4.79 Å². The van der Waals surface area contributed by atoms with Crippen molar-refractivity contribution < 1.29 is 22.3 Å². The maximum absolute atomic E-state index is 15.0. The van der Waals surface area contributed by atoms with E-state index in [9.17, 15) is 13.2 Å². The topological polar surface area (TPSA) is 75.7 Å². The van der Waals surface area contributed by atoms with Crippen LogP contribution in [0.1, 0.15) is 73.2 Å². The summed E-state index contributed by atoms with van der Waals surface area (Å²) in [4.78, 5) is 12.6. The molecule has 0 radical (unpaired) electrons. The SMILES string of the molecule is O=C(NS(=O)(=O)N1CCC1)c1cc(C2CC2)c(OC2[C@@H]3CC4C[C@H]2CC(Cl)(C4)C3)cc1F. The summed E-state index contributed by atoms with van der Waals surface area (Å²) in [5.74, 6) is 0.495. The van der Waals surface area contributed by atoms with Gasteiger partial charge in [-0.05, 0) is 86.7 Å². The van der Waals surface area contributed by atoms with Gasteiger partial charge in [0.05, 0.1) is 5.56 Å². The van der Waals surface area contributed by atoms with Crippen molar-refractivity contribution in [3.63, 3.8) is 0 Å². The molecule has 7 rings (SSSR count). The molecule has 6 aliphatic rings. The highest BCUT2D eigenvalue weighted by Gasteiger charge is 2.56. The molecule has 1 aromatic rings. The molecule has 5 saturated carbocycles. The zero-order valence-electron chi connectivity index (χ0n) is 17.9. The van der Waals surface area contributed by atoms with Crippen LogP contribution in [0, 0.1) is 23.6 Å². The summed E-state index contributed by atoms with van der Waals surface area (Å²) in [5.41, 5.74) is 0.570. The van der Waals surface area contributed by atoms with Crippen molar-refractivity contribution in [2.75, 3.05) is 13.1 Å². The Labute approximate surface area is 193 Å². The summed E-state index contributed by atoms with van der Waals surface area (Å²) in [7, 11) is -3.93. The molecule has 0 spiro atoms. The lowest BCUT2D eigenvalue weighted by atomic mass is 9.54. The predicted octanol–water partition coefficient (Wildman–Crippen LogP) is 3.95. The first-order chi connectivity index (χ1) is 15.2. The molecule has 1 aliphatic heterocycles. The zero-order chi connectivity index (χ0) is 22.3. The van der Waals surface area contributed by atoms with Gasteiger partial charge in [0.15, 0.2) is 0 Å². The van der Waals surface area contributed by atoms with Crippen LogP contribution in [0.15, 0.2) is 12.1 Å². The van der Waals surface area contributed by atoms with E-state index in [4.69, 9.17) is 16.3 Å². The number of halogens is 2. The number of hydrogen-bond donors (Lipinski definition) is 1. The van der Waals surface area contributed by atoms with Crippen LogP contribution in [-0.4, -0.2) is 42.7 Å². The number of nitrogens with one attached hydrogen (secondary N) is 1. The minimum absolute atomic E-state index is 0.0294. The largest absolute Gasteiger partial charge is 0.489 e. The first kappa shape index (κ1) is 21.2. The molecule has 4 bridgehead atoms. The van der Waals surface area contributed by atoms with Gasteiger partial charge in [0.2, 0.25) is 0 Å². The standard InChI is InChI=1S/C23H28ClFN2O4S/c24-23-10-13-6-15(11-23)21(16(7-13)12-23)31-20-9-19(25)18(8-17(20)14-2-3-14)22(28)26-32(29,30)27-4-1-5-27/h8-9,13-16,21H,1-7,10-12H2,(H,26,28)/t13?,15-,16+,21?,23?. The molecule has 9 heteroatoms. The van der Waals surface area contributed by atoms with Crippen molar-refractivity contribution in [2.24, 2.45) is 17.8 Å². The highest BCUT2D eigenvalue weighted by atomic mass is 35.5. The minimum atomic E-state index is -3.93. The molecule has 6 nitrogen and oxygen atoms in total. The number of carbonyl (C=O) groups is 1. The van der Waals surface area contributed by atoms with Crippen LogP contribution in [0.4, 0.5) is 4.39 Å². The molecule has 1 N–H and O–H groups in total. The molecule has 1 aromatic carbocycles. The van der Waals surface area contributed by atoms with Crippen LogP contribution in [0.2, 0.25) is 0 Å². The van der Waals surface area contributed by atoms with Gasteiger partial charge in [0.25, 0.3) is 5.91 Å². The molecule has 1 saturated heterocycles. The molecular formula is C23H28ClFN2O4S. The van der Waals surface area contributed by atoms with Crippen LogP contribution >= 0.6 is 11.6 Å². The maximum Gasteiger partial charge on any atom is 0.304 e. The van der Waals surface area contributed by atoms with Gasteiger partial charge in [-0.2, -0.15) is 12.7 Å². The van der Waals surface area contributed by atoms with E-state index in [0.29, 0.717) is 36.6 Å². The lowest BCUT2D eigenvalue weighted by molar-refractivity contribution is -0.0700. The van der Waals surface area contributed by atoms with Gasteiger partial charge in [0.1, 0.15) is 17.7 Å². The highest BCUT2D eigenvalue weighted by molar-refractivity contribution is 7.87. The van der Waals surface area contributed by atoms with Crippen molar-refractivity contribution in [2.45, 2.75) is 68.3 Å². The van der Waals surface area contributed by atoms with Crippen LogP contribution < -0.4 is 9.46 Å². The van der Waals surface area contributed by atoms with E-state index < -0.39 is 21.9 Å². The van der Waals surface area contributed by atoms with Crippen molar-refractivity contribution in [3.05, 3.63) is 29.1 Å². The first-order valence-corrected chi connectivity index (χ1v) is 13.5. The number of rotatable bonds is 6. The van der Waals surface area contributed by atoms with E-state index in [0.717, 1.165) is 56.9 Å². The number of benzene rings is 1. The Balaban J connectivity index is 1.26. The Hall–Kier alpha value is -1.38. The third-order valence-electron chi connectivity index (χ3n) is 8.11. The molecule has 174 valence electrons. The third kappa shape index (κ3) is 3.62. The lowest BCUT2D eigenvalue weighted by Gasteiger charge is -2.57. The molecule has 0 aromatic heterocycles. The average molecular weight is 483 g/mol. The number of nitrogens with zero attached hydrogens (tertiary/aromatic N) is 1. The minimum Gasteiger partial charge on any atom is -0.489 e. The molecule has 1 amide bonds. The lowest BCUT2D eigenvalue weighted by Crippen LogP contribution is -2.56. The van der Waals surface area contributed by atoms with Crippen molar-refractivity contribution in [1.29, 1.82) is 0 Å². The second-order valence-electron chi connectivity index (χ2n) is 10.5. The van der Waals surface area contributed by atoms with E-state index in [-0.39, 0.29) is 22.5 Å². The average Bonchev–Trinajstić information content (AvgIpc) is 3.46.